The average Bonchev–Trinajstić information content (AvgIpc) is 2.46. The molecule has 0 fully saturated rings. The minimum Gasteiger partial charge on any atom is -0.346 e. The third kappa shape index (κ3) is 7.01. The Bertz CT molecular complexity index is 534. The summed E-state index contributed by atoms with van der Waals surface area (Å²) in [7, 11) is 0. The lowest BCUT2D eigenvalue weighted by atomic mass is 9.90. The minimum absolute atomic E-state index is 0. The van der Waals surface area contributed by atoms with Gasteiger partial charge in [-0.2, -0.15) is 0 Å². The highest BCUT2D eigenvalue weighted by Crippen LogP contribution is 2.17. The Hall–Kier alpha value is -1.59. The number of carbonyl (C=O) groups excluding carboxylic acids is 2. The zero-order chi connectivity index (χ0) is 16.8. The smallest absolute Gasteiger partial charge is 0.251 e. The van der Waals surface area contributed by atoms with Crippen LogP contribution in [-0.4, -0.2) is 23.9 Å². The summed E-state index contributed by atoms with van der Waals surface area (Å²) in [6.07, 6.45) is 1.21. The lowest BCUT2D eigenvalue weighted by molar-refractivity contribution is -0.115. The zero-order valence-corrected chi connectivity index (χ0v) is 15.1. The Morgan fingerprint density at radius 2 is 1.96 bits per heavy atom. The van der Waals surface area contributed by atoms with Gasteiger partial charge >= 0.3 is 0 Å². The van der Waals surface area contributed by atoms with Crippen LogP contribution in [0.15, 0.2) is 24.3 Å². The first-order valence-corrected chi connectivity index (χ1v) is 7.72. The lowest BCUT2D eigenvalue weighted by Gasteiger charge is -2.31. The van der Waals surface area contributed by atoms with Gasteiger partial charge in [0.25, 0.3) is 5.91 Å². The van der Waals surface area contributed by atoms with Gasteiger partial charge in [-0.3, -0.25) is 9.59 Å². The monoisotopic (exact) mass is 341 g/mol. The Labute approximate surface area is 144 Å². The molecular formula is C17H28ClN3O2. The van der Waals surface area contributed by atoms with Gasteiger partial charge in [-0.25, -0.2) is 0 Å². The highest BCUT2D eigenvalue weighted by atomic mass is 35.5. The number of nitrogens with one attached hydrogen (secondary N) is 2. The quantitative estimate of drug-likeness (QED) is 0.712. The van der Waals surface area contributed by atoms with Crippen molar-refractivity contribution in [2.24, 2.45) is 11.7 Å². The van der Waals surface area contributed by atoms with Gasteiger partial charge in [0.05, 0.1) is 0 Å². The van der Waals surface area contributed by atoms with Gasteiger partial charge < -0.3 is 16.4 Å². The maximum Gasteiger partial charge on any atom is 0.251 e. The molecule has 1 aromatic rings. The van der Waals surface area contributed by atoms with E-state index in [1.165, 1.54) is 0 Å². The number of halogens is 1. The van der Waals surface area contributed by atoms with Gasteiger partial charge in [0.1, 0.15) is 0 Å². The second kappa shape index (κ2) is 9.53. The van der Waals surface area contributed by atoms with Crippen LogP contribution in [0.4, 0.5) is 5.69 Å². The fourth-order valence-electron chi connectivity index (χ4n) is 2.42. The fourth-order valence-corrected chi connectivity index (χ4v) is 2.42. The van der Waals surface area contributed by atoms with E-state index in [0.29, 0.717) is 30.1 Å². The zero-order valence-electron chi connectivity index (χ0n) is 14.3. The van der Waals surface area contributed by atoms with Crippen molar-refractivity contribution in [2.75, 3.05) is 11.9 Å². The summed E-state index contributed by atoms with van der Waals surface area (Å²) in [5.41, 5.74) is 6.52. The number of hydrogen-bond acceptors (Lipinski definition) is 3. The molecule has 0 bridgehead atoms. The van der Waals surface area contributed by atoms with Crippen molar-refractivity contribution in [3.8, 4) is 0 Å². The second-order valence-electron chi connectivity index (χ2n) is 6.30. The molecule has 1 unspecified atom stereocenters. The van der Waals surface area contributed by atoms with Gasteiger partial charge in [0, 0.05) is 29.8 Å². The molecule has 0 aliphatic carbocycles. The van der Waals surface area contributed by atoms with Crippen molar-refractivity contribution in [3.05, 3.63) is 29.8 Å². The average molecular weight is 342 g/mol. The van der Waals surface area contributed by atoms with E-state index in [9.17, 15) is 9.59 Å². The van der Waals surface area contributed by atoms with E-state index in [0.717, 1.165) is 6.42 Å². The Kier molecular flexibility index (Phi) is 8.87. The van der Waals surface area contributed by atoms with Crippen molar-refractivity contribution in [2.45, 2.75) is 46.1 Å². The molecule has 4 N–H and O–H groups in total. The predicted octanol–water partition coefficient (Wildman–Crippen LogP) is 2.95. The molecule has 1 aromatic carbocycles. The molecule has 0 saturated carbocycles. The summed E-state index contributed by atoms with van der Waals surface area (Å²) < 4.78 is 0. The number of nitrogens with two attached hydrogens (primary N) is 1. The van der Waals surface area contributed by atoms with Crippen LogP contribution in [0, 0.1) is 5.92 Å². The lowest BCUT2D eigenvalue weighted by Crippen LogP contribution is -2.52. The van der Waals surface area contributed by atoms with Crippen LogP contribution in [-0.2, 0) is 4.79 Å². The first kappa shape index (κ1) is 21.4. The Morgan fingerprint density at radius 3 is 2.48 bits per heavy atom. The molecule has 0 aromatic heterocycles. The number of rotatable bonds is 7. The largest absolute Gasteiger partial charge is 0.346 e. The summed E-state index contributed by atoms with van der Waals surface area (Å²) in [5, 5.41) is 5.76. The van der Waals surface area contributed by atoms with Gasteiger partial charge in [0.2, 0.25) is 5.91 Å². The van der Waals surface area contributed by atoms with Gasteiger partial charge in [-0.05, 0) is 37.5 Å². The third-order valence-electron chi connectivity index (χ3n) is 3.45. The van der Waals surface area contributed by atoms with E-state index in [4.69, 9.17) is 5.73 Å². The standard InChI is InChI=1S/C17H27N3O2.ClH/c1-5-15(21)19-14-8-6-7-13(9-14)16(22)20-17(4,11-18)10-12(2)3;/h6-9,12H,5,10-11,18H2,1-4H3,(H,19,21)(H,20,22);1H. The molecule has 5 nitrogen and oxygen atoms in total. The van der Waals surface area contributed by atoms with E-state index in [-0.39, 0.29) is 24.2 Å². The van der Waals surface area contributed by atoms with Gasteiger partial charge in [0.15, 0.2) is 0 Å². The third-order valence-corrected chi connectivity index (χ3v) is 3.45. The summed E-state index contributed by atoms with van der Waals surface area (Å²) in [6.45, 7) is 8.31. The number of carbonyl (C=O) groups is 2. The van der Waals surface area contributed by atoms with E-state index in [2.05, 4.69) is 24.5 Å². The van der Waals surface area contributed by atoms with Gasteiger partial charge in [-0.1, -0.05) is 26.8 Å². The summed E-state index contributed by atoms with van der Waals surface area (Å²) in [6, 6.07) is 6.92. The molecular weight excluding hydrogens is 314 g/mol. The number of hydrogen-bond donors (Lipinski definition) is 3. The fraction of sp³-hybridized carbons (Fsp3) is 0.529. The predicted molar refractivity (Wildman–Crippen MR) is 97.0 cm³/mol. The van der Waals surface area contributed by atoms with Crippen LogP contribution in [0.2, 0.25) is 0 Å². The van der Waals surface area contributed by atoms with Crippen LogP contribution in [0.25, 0.3) is 0 Å². The minimum atomic E-state index is -0.437. The number of benzene rings is 1. The van der Waals surface area contributed by atoms with Crippen LogP contribution < -0.4 is 16.4 Å². The number of anilines is 1. The Balaban J connectivity index is 0.00000484. The summed E-state index contributed by atoms with van der Waals surface area (Å²) >= 11 is 0. The van der Waals surface area contributed by atoms with Crippen LogP contribution in [0.3, 0.4) is 0 Å². The highest BCUT2D eigenvalue weighted by Gasteiger charge is 2.26. The molecule has 6 heteroatoms. The van der Waals surface area contributed by atoms with Crippen molar-refractivity contribution in [3.63, 3.8) is 0 Å². The summed E-state index contributed by atoms with van der Waals surface area (Å²) in [5.74, 6) is 0.175. The molecule has 0 heterocycles. The van der Waals surface area contributed by atoms with Crippen molar-refractivity contribution < 1.29 is 9.59 Å². The first-order valence-electron chi connectivity index (χ1n) is 7.72. The van der Waals surface area contributed by atoms with E-state index in [1.807, 2.05) is 6.92 Å². The summed E-state index contributed by atoms with van der Waals surface area (Å²) in [4.78, 5) is 23.9. The SMILES string of the molecule is CCC(=O)Nc1cccc(C(=O)NC(C)(CN)CC(C)C)c1.Cl. The first-order chi connectivity index (χ1) is 10.3. The van der Waals surface area contributed by atoms with Crippen molar-refractivity contribution >= 4 is 29.9 Å². The normalized spacial score (nSPS) is 13.0. The van der Waals surface area contributed by atoms with E-state index < -0.39 is 5.54 Å². The molecule has 0 spiro atoms. The topological polar surface area (TPSA) is 84.2 Å². The molecule has 0 aliphatic rings. The molecule has 0 saturated heterocycles. The molecule has 1 rings (SSSR count). The molecule has 2 amide bonds. The Morgan fingerprint density at radius 1 is 1.30 bits per heavy atom. The van der Waals surface area contributed by atoms with Crippen molar-refractivity contribution in [1.82, 2.24) is 5.32 Å². The molecule has 0 aliphatic heterocycles. The maximum atomic E-state index is 12.4. The number of amides is 2. The van der Waals surface area contributed by atoms with Gasteiger partial charge in [-0.15, -0.1) is 12.4 Å². The second-order valence-corrected chi connectivity index (χ2v) is 6.30. The van der Waals surface area contributed by atoms with Crippen LogP contribution >= 0.6 is 12.4 Å². The highest BCUT2D eigenvalue weighted by molar-refractivity contribution is 5.97. The van der Waals surface area contributed by atoms with E-state index >= 15 is 0 Å². The maximum absolute atomic E-state index is 12.4. The van der Waals surface area contributed by atoms with Crippen LogP contribution in [0.1, 0.15) is 50.9 Å². The molecule has 23 heavy (non-hydrogen) atoms. The molecule has 0 radical (unpaired) electrons. The van der Waals surface area contributed by atoms with Crippen molar-refractivity contribution in [1.29, 1.82) is 0 Å². The molecule has 1 atom stereocenters. The molecule has 130 valence electrons. The van der Waals surface area contributed by atoms with Crippen LogP contribution in [0.5, 0.6) is 0 Å². The van der Waals surface area contributed by atoms with E-state index in [1.54, 1.807) is 31.2 Å².